The number of carbonyl (C=O) groups is 1. The van der Waals surface area contributed by atoms with Crippen LogP contribution in [0.3, 0.4) is 0 Å². The van der Waals surface area contributed by atoms with Crippen molar-refractivity contribution in [1.82, 2.24) is 0 Å². The van der Waals surface area contributed by atoms with Gasteiger partial charge in [-0.05, 0) is 24.5 Å². The van der Waals surface area contributed by atoms with E-state index in [2.05, 4.69) is 17.9 Å². The van der Waals surface area contributed by atoms with Gasteiger partial charge in [-0.1, -0.05) is 18.2 Å². The van der Waals surface area contributed by atoms with E-state index in [4.69, 9.17) is 0 Å². The van der Waals surface area contributed by atoms with Crippen LogP contribution >= 0.6 is 12.6 Å². The molecule has 1 aliphatic heterocycles. The van der Waals surface area contributed by atoms with E-state index < -0.39 is 0 Å². The van der Waals surface area contributed by atoms with Crippen molar-refractivity contribution in [3.63, 3.8) is 0 Å². The molecule has 1 heterocycles. The number of fused-ring (bicyclic) bond motifs is 1. The topological polar surface area (TPSA) is 29.1 Å². The average molecular weight is 193 g/mol. The van der Waals surface area contributed by atoms with Gasteiger partial charge in [-0.3, -0.25) is 4.79 Å². The molecule has 0 bridgehead atoms. The SMILES string of the molecule is O=C1Nc2ccccc2CCC1S. The Morgan fingerprint density at radius 1 is 1.38 bits per heavy atom. The zero-order valence-electron chi connectivity index (χ0n) is 7.16. The molecule has 3 heteroatoms. The van der Waals surface area contributed by atoms with Gasteiger partial charge in [0.15, 0.2) is 0 Å². The number of hydrogen-bond acceptors (Lipinski definition) is 2. The van der Waals surface area contributed by atoms with Gasteiger partial charge >= 0.3 is 0 Å². The van der Waals surface area contributed by atoms with Crippen molar-refractivity contribution in [2.24, 2.45) is 0 Å². The van der Waals surface area contributed by atoms with E-state index in [-0.39, 0.29) is 11.2 Å². The zero-order chi connectivity index (χ0) is 9.26. The molecular formula is C10H11NOS. The van der Waals surface area contributed by atoms with E-state index in [1.807, 2.05) is 24.3 Å². The molecule has 1 amide bonds. The standard InChI is InChI=1S/C10H11NOS/c12-10-9(13)6-5-7-3-1-2-4-8(7)11-10/h1-4,9,13H,5-6H2,(H,11,12). The van der Waals surface area contributed by atoms with Crippen LogP contribution in [0.15, 0.2) is 24.3 Å². The van der Waals surface area contributed by atoms with Crippen LogP contribution in [0.1, 0.15) is 12.0 Å². The fourth-order valence-electron chi connectivity index (χ4n) is 1.50. The molecular weight excluding hydrogens is 182 g/mol. The van der Waals surface area contributed by atoms with E-state index in [0.29, 0.717) is 0 Å². The van der Waals surface area contributed by atoms with Gasteiger partial charge in [0.1, 0.15) is 0 Å². The predicted octanol–water partition coefficient (Wildman–Crippen LogP) is 1.87. The van der Waals surface area contributed by atoms with Crippen LogP contribution in [-0.2, 0) is 11.2 Å². The van der Waals surface area contributed by atoms with Gasteiger partial charge < -0.3 is 5.32 Å². The Morgan fingerprint density at radius 3 is 3.00 bits per heavy atom. The van der Waals surface area contributed by atoms with Crippen LogP contribution in [-0.4, -0.2) is 11.2 Å². The molecule has 1 atom stereocenters. The van der Waals surface area contributed by atoms with Crippen molar-refractivity contribution in [3.05, 3.63) is 29.8 Å². The largest absolute Gasteiger partial charge is 0.325 e. The molecule has 1 aromatic rings. The molecule has 0 aromatic heterocycles. The summed E-state index contributed by atoms with van der Waals surface area (Å²) in [6.07, 6.45) is 1.73. The summed E-state index contributed by atoms with van der Waals surface area (Å²) in [5.41, 5.74) is 2.14. The first-order valence-electron chi connectivity index (χ1n) is 4.34. The number of hydrogen-bond donors (Lipinski definition) is 2. The Morgan fingerprint density at radius 2 is 2.15 bits per heavy atom. The zero-order valence-corrected chi connectivity index (χ0v) is 8.05. The van der Waals surface area contributed by atoms with Crippen LogP contribution in [0.2, 0.25) is 0 Å². The number of benzene rings is 1. The fourth-order valence-corrected chi connectivity index (χ4v) is 1.69. The minimum absolute atomic E-state index is 0.00767. The van der Waals surface area contributed by atoms with Gasteiger partial charge in [-0.2, -0.15) is 12.6 Å². The smallest absolute Gasteiger partial charge is 0.237 e. The van der Waals surface area contributed by atoms with Crippen molar-refractivity contribution < 1.29 is 4.79 Å². The number of anilines is 1. The van der Waals surface area contributed by atoms with Crippen LogP contribution in [0.4, 0.5) is 5.69 Å². The third-order valence-electron chi connectivity index (χ3n) is 2.26. The quantitative estimate of drug-likeness (QED) is 0.605. The summed E-state index contributed by atoms with van der Waals surface area (Å²) >= 11 is 4.22. The Balaban J connectivity index is 2.35. The lowest BCUT2D eigenvalue weighted by Crippen LogP contribution is -2.21. The summed E-state index contributed by atoms with van der Waals surface area (Å²) in [7, 11) is 0. The summed E-state index contributed by atoms with van der Waals surface area (Å²) in [6, 6.07) is 7.89. The molecule has 1 aromatic carbocycles. The number of amides is 1. The van der Waals surface area contributed by atoms with Crippen LogP contribution in [0.25, 0.3) is 0 Å². The number of para-hydroxylation sites is 1. The van der Waals surface area contributed by atoms with Crippen LogP contribution in [0, 0.1) is 0 Å². The van der Waals surface area contributed by atoms with Gasteiger partial charge in [0, 0.05) is 5.69 Å². The second kappa shape index (κ2) is 3.42. The monoisotopic (exact) mass is 193 g/mol. The Bertz CT molecular complexity index is 337. The highest BCUT2D eigenvalue weighted by molar-refractivity contribution is 7.81. The number of nitrogens with one attached hydrogen (secondary N) is 1. The van der Waals surface area contributed by atoms with Gasteiger partial charge in [0.25, 0.3) is 0 Å². The molecule has 0 spiro atoms. The molecule has 13 heavy (non-hydrogen) atoms. The maximum atomic E-state index is 11.4. The molecule has 1 unspecified atom stereocenters. The lowest BCUT2D eigenvalue weighted by Gasteiger charge is -2.05. The van der Waals surface area contributed by atoms with Crippen molar-refractivity contribution in [2.75, 3.05) is 5.32 Å². The third-order valence-corrected chi connectivity index (χ3v) is 2.76. The van der Waals surface area contributed by atoms with Crippen molar-refractivity contribution in [2.45, 2.75) is 18.1 Å². The summed E-state index contributed by atoms with van der Waals surface area (Å²) in [5.74, 6) is 0.00767. The first-order chi connectivity index (χ1) is 6.27. The number of thiol groups is 1. The minimum atomic E-state index is -0.174. The molecule has 0 aliphatic carbocycles. The van der Waals surface area contributed by atoms with Gasteiger partial charge in [-0.15, -0.1) is 0 Å². The van der Waals surface area contributed by atoms with E-state index in [0.717, 1.165) is 18.5 Å². The molecule has 1 N–H and O–H groups in total. The summed E-state index contributed by atoms with van der Waals surface area (Å²) in [6.45, 7) is 0. The fraction of sp³-hybridized carbons (Fsp3) is 0.300. The average Bonchev–Trinajstić information content (AvgIpc) is 2.28. The highest BCUT2D eigenvalue weighted by Gasteiger charge is 2.19. The maximum absolute atomic E-state index is 11.4. The maximum Gasteiger partial charge on any atom is 0.237 e. The molecule has 2 nitrogen and oxygen atoms in total. The van der Waals surface area contributed by atoms with E-state index in [1.54, 1.807) is 0 Å². The van der Waals surface area contributed by atoms with E-state index >= 15 is 0 Å². The molecule has 0 saturated carbocycles. The van der Waals surface area contributed by atoms with E-state index in [9.17, 15) is 4.79 Å². The molecule has 68 valence electrons. The van der Waals surface area contributed by atoms with Gasteiger partial charge in [-0.25, -0.2) is 0 Å². The second-order valence-electron chi connectivity index (χ2n) is 3.20. The lowest BCUT2D eigenvalue weighted by atomic mass is 10.1. The van der Waals surface area contributed by atoms with Crippen LogP contribution < -0.4 is 5.32 Å². The number of aryl methyl sites for hydroxylation is 1. The summed E-state index contributed by atoms with van der Waals surface area (Å²) in [4.78, 5) is 11.4. The van der Waals surface area contributed by atoms with Crippen LogP contribution in [0.5, 0.6) is 0 Å². The van der Waals surface area contributed by atoms with Gasteiger partial charge in [0.2, 0.25) is 5.91 Å². The Hall–Kier alpha value is -0.960. The lowest BCUT2D eigenvalue weighted by molar-refractivity contribution is -0.115. The molecule has 1 aliphatic rings. The second-order valence-corrected chi connectivity index (χ2v) is 3.82. The van der Waals surface area contributed by atoms with Crippen molar-refractivity contribution in [3.8, 4) is 0 Å². The highest BCUT2D eigenvalue weighted by Crippen LogP contribution is 2.22. The predicted molar refractivity (Wildman–Crippen MR) is 56.2 cm³/mol. The first kappa shape index (κ1) is 8.63. The highest BCUT2D eigenvalue weighted by atomic mass is 32.1. The summed E-state index contributed by atoms with van der Waals surface area (Å²) < 4.78 is 0. The van der Waals surface area contributed by atoms with Crippen molar-refractivity contribution in [1.29, 1.82) is 0 Å². The molecule has 0 saturated heterocycles. The minimum Gasteiger partial charge on any atom is -0.325 e. The van der Waals surface area contributed by atoms with Gasteiger partial charge in [0.05, 0.1) is 5.25 Å². The number of rotatable bonds is 0. The molecule has 0 radical (unpaired) electrons. The number of carbonyl (C=O) groups excluding carboxylic acids is 1. The van der Waals surface area contributed by atoms with Crippen molar-refractivity contribution >= 4 is 24.2 Å². The normalized spacial score (nSPS) is 21.6. The molecule has 0 fully saturated rings. The third kappa shape index (κ3) is 1.70. The molecule has 2 rings (SSSR count). The Labute approximate surface area is 82.8 Å². The summed E-state index contributed by atoms with van der Waals surface area (Å²) in [5, 5.41) is 2.68. The van der Waals surface area contributed by atoms with E-state index in [1.165, 1.54) is 5.56 Å². The first-order valence-corrected chi connectivity index (χ1v) is 4.86. The Kier molecular flexibility index (Phi) is 2.27.